The summed E-state index contributed by atoms with van der Waals surface area (Å²) < 4.78 is 39.8. The summed E-state index contributed by atoms with van der Waals surface area (Å²) in [6, 6.07) is 4.24. The number of hydrogen-bond acceptors (Lipinski definition) is 4. The molecular formula is C10H6F3NO4. The minimum absolute atomic E-state index is 0.157. The monoisotopic (exact) mass is 261 g/mol. The van der Waals surface area contributed by atoms with Gasteiger partial charge in [0.2, 0.25) is 0 Å². The second kappa shape index (κ2) is 4.93. The second-order valence-corrected chi connectivity index (χ2v) is 3.15. The summed E-state index contributed by atoms with van der Waals surface area (Å²) in [4.78, 5) is 10.5. The van der Waals surface area contributed by atoms with Crippen molar-refractivity contribution >= 4 is 5.97 Å². The van der Waals surface area contributed by atoms with Crippen molar-refractivity contribution in [3.05, 3.63) is 29.3 Å². The highest BCUT2D eigenvalue weighted by molar-refractivity contribution is 5.75. The molecule has 0 bridgehead atoms. The van der Waals surface area contributed by atoms with Crippen molar-refractivity contribution in [2.45, 2.75) is 12.5 Å². The van der Waals surface area contributed by atoms with Crippen LogP contribution in [0.5, 0.6) is 5.75 Å². The van der Waals surface area contributed by atoms with Crippen LogP contribution in [0.4, 0.5) is 13.2 Å². The summed E-state index contributed by atoms with van der Waals surface area (Å²) in [7, 11) is 0. The zero-order chi connectivity index (χ0) is 13.9. The molecule has 1 aromatic carbocycles. The van der Waals surface area contributed by atoms with Crippen LogP contribution in [-0.4, -0.2) is 22.5 Å². The van der Waals surface area contributed by atoms with E-state index in [4.69, 9.17) is 10.4 Å². The molecule has 0 saturated carbocycles. The third kappa shape index (κ3) is 3.36. The molecule has 96 valence electrons. The van der Waals surface area contributed by atoms with Crippen LogP contribution in [0.3, 0.4) is 0 Å². The van der Waals surface area contributed by atoms with E-state index in [1.54, 1.807) is 6.07 Å². The molecule has 1 atom stereocenters. The highest BCUT2D eigenvalue weighted by Crippen LogP contribution is 2.31. The number of aliphatic carboxylic acids is 1. The van der Waals surface area contributed by atoms with Crippen molar-refractivity contribution in [2.75, 3.05) is 0 Å². The van der Waals surface area contributed by atoms with Gasteiger partial charge in [0.1, 0.15) is 5.75 Å². The number of hydrogen-bond donors (Lipinski definition) is 2. The molecule has 1 aromatic rings. The Labute approximate surface area is 98.6 Å². The predicted octanol–water partition coefficient (Wildman–Crippen LogP) is 1.57. The Morgan fingerprint density at radius 2 is 2.06 bits per heavy atom. The van der Waals surface area contributed by atoms with Gasteiger partial charge in [0.15, 0.2) is 6.10 Å². The van der Waals surface area contributed by atoms with Crippen LogP contribution in [-0.2, 0) is 4.79 Å². The molecule has 2 N–H and O–H groups in total. The molecular weight excluding hydrogens is 255 g/mol. The van der Waals surface area contributed by atoms with E-state index >= 15 is 0 Å². The van der Waals surface area contributed by atoms with Gasteiger partial charge in [0.05, 0.1) is 11.6 Å². The lowest BCUT2D eigenvalue weighted by Gasteiger charge is -2.15. The fourth-order valence-electron chi connectivity index (χ4n) is 1.18. The summed E-state index contributed by atoms with van der Waals surface area (Å²) in [6.45, 7) is 0. The van der Waals surface area contributed by atoms with Crippen LogP contribution < -0.4 is 4.74 Å². The van der Waals surface area contributed by atoms with E-state index in [0.717, 1.165) is 12.1 Å². The number of alkyl halides is 3. The van der Waals surface area contributed by atoms with Crippen LogP contribution in [0, 0.1) is 11.3 Å². The predicted molar refractivity (Wildman–Crippen MR) is 50.4 cm³/mol. The molecule has 1 unspecified atom stereocenters. The summed E-state index contributed by atoms with van der Waals surface area (Å²) in [6.07, 6.45) is -7.23. The zero-order valence-electron chi connectivity index (χ0n) is 8.60. The van der Waals surface area contributed by atoms with Crippen LogP contribution in [0.15, 0.2) is 18.2 Å². The number of aliphatic hydroxyl groups is 1. The summed E-state index contributed by atoms with van der Waals surface area (Å²) in [5.74, 6) is -2.65. The third-order valence-corrected chi connectivity index (χ3v) is 1.90. The summed E-state index contributed by atoms with van der Waals surface area (Å²) >= 11 is 0. The summed E-state index contributed by atoms with van der Waals surface area (Å²) in [5, 5.41) is 26.3. The molecule has 0 spiro atoms. The first-order valence-electron chi connectivity index (χ1n) is 4.45. The Balaban J connectivity index is 3.25. The van der Waals surface area contributed by atoms with Gasteiger partial charge in [-0.2, -0.15) is 5.26 Å². The molecule has 0 saturated heterocycles. The molecule has 0 aliphatic rings. The van der Waals surface area contributed by atoms with E-state index in [-0.39, 0.29) is 5.56 Å². The molecule has 0 aliphatic carbocycles. The number of ether oxygens (including phenoxy) is 1. The molecule has 8 heteroatoms. The lowest BCUT2D eigenvalue weighted by Crippen LogP contribution is -2.20. The number of aliphatic hydroxyl groups excluding tert-OH is 1. The first kappa shape index (κ1) is 13.8. The zero-order valence-corrected chi connectivity index (χ0v) is 8.60. The SMILES string of the molecule is N#Cc1ccc(C(O)C(=O)O)c(OC(F)(F)F)c1. The Hall–Kier alpha value is -2.27. The number of nitriles is 1. The van der Waals surface area contributed by atoms with E-state index in [1.165, 1.54) is 0 Å². The number of nitrogens with zero attached hydrogens (tertiary/aromatic N) is 1. The Morgan fingerprint density at radius 3 is 2.50 bits per heavy atom. The number of carboxylic acids is 1. The van der Waals surface area contributed by atoms with Gasteiger partial charge in [-0.15, -0.1) is 13.2 Å². The van der Waals surface area contributed by atoms with Gasteiger partial charge in [0.25, 0.3) is 0 Å². The van der Waals surface area contributed by atoms with Crippen LogP contribution >= 0.6 is 0 Å². The summed E-state index contributed by atoms with van der Waals surface area (Å²) in [5.41, 5.74) is -0.741. The van der Waals surface area contributed by atoms with Gasteiger partial charge in [-0.05, 0) is 12.1 Å². The van der Waals surface area contributed by atoms with Gasteiger partial charge in [0, 0.05) is 5.56 Å². The number of benzene rings is 1. The van der Waals surface area contributed by atoms with Gasteiger partial charge >= 0.3 is 12.3 Å². The van der Waals surface area contributed by atoms with Gasteiger partial charge in [-0.25, -0.2) is 4.79 Å². The maximum atomic E-state index is 12.1. The highest BCUT2D eigenvalue weighted by atomic mass is 19.4. The Morgan fingerprint density at radius 1 is 1.44 bits per heavy atom. The second-order valence-electron chi connectivity index (χ2n) is 3.15. The number of rotatable bonds is 3. The van der Waals surface area contributed by atoms with E-state index in [2.05, 4.69) is 4.74 Å². The molecule has 18 heavy (non-hydrogen) atoms. The molecule has 1 rings (SSSR count). The fourth-order valence-corrected chi connectivity index (χ4v) is 1.18. The quantitative estimate of drug-likeness (QED) is 0.861. The van der Waals surface area contributed by atoms with Crippen LogP contribution in [0.1, 0.15) is 17.2 Å². The molecule has 0 heterocycles. The molecule has 0 fully saturated rings. The Bertz CT molecular complexity index is 507. The third-order valence-electron chi connectivity index (χ3n) is 1.90. The maximum Gasteiger partial charge on any atom is 0.573 e. The molecule has 0 radical (unpaired) electrons. The number of carboxylic acid groups (broad SMARTS) is 1. The minimum Gasteiger partial charge on any atom is -0.479 e. The average Bonchev–Trinajstić information content (AvgIpc) is 2.25. The van der Waals surface area contributed by atoms with Gasteiger partial charge < -0.3 is 14.9 Å². The lowest BCUT2D eigenvalue weighted by molar-refractivity contribution is -0.275. The van der Waals surface area contributed by atoms with Crippen molar-refractivity contribution in [3.8, 4) is 11.8 Å². The molecule has 5 nitrogen and oxygen atoms in total. The Kier molecular flexibility index (Phi) is 3.78. The van der Waals surface area contributed by atoms with Crippen LogP contribution in [0.25, 0.3) is 0 Å². The molecule has 0 aliphatic heterocycles. The maximum absolute atomic E-state index is 12.1. The number of halogens is 3. The minimum atomic E-state index is -5.05. The van der Waals surface area contributed by atoms with E-state index < -0.39 is 29.7 Å². The van der Waals surface area contributed by atoms with E-state index in [0.29, 0.717) is 6.07 Å². The van der Waals surface area contributed by atoms with Gasteiger partial charge in [-0.1, -0.05) is 6.07 Å². The van der Waals surface area contributed by atoms with E-state index in [1.807, 2.05) is 0 Å². The van der Waals surface area contributed by atoms with Crippen LogP contribution in [0.2, 0.25) is 0 Å². The first-order valence-corrected chi connectivity index (χ1v) is 4.45. The molecule has 0 amide bonds. The largest absolute Gasteiger partial charge is 0.573 e. The van der Waals surface area contributed by atoms with Crippen molar-refractivity contribution in [2.24, 2.45) is 0 Å². The molecule has 0 aromatic heterocycles. The van der Waals surface area contributed by atoms with Crippen molar-refractivity contribution in [1.29, 1.82) is 5.26 Å². The highest BCUT2D eigenvalue weighted by Gasteiger charge is 2.34. The van der Waals surface area contributed by atoms with Crippen molar-refractivity contribution < 1.29 is 32.9 Å². The fraction of sp³-hybridized carbons (Fsp3) is 0.200. The van der Waals surface area contributed by atoms with Gasteiger partial charge in [-0.3, -0.25) is 0 Å². The standard InChI is InChI=1S/C10H6F3NO4/c11-10(12,13)18-7-3-5(4-14)1-2-6(7)8(15)9(16)17/h1-3,8,15H,(H,16,17). The van der Waals surface area contributed by atoms with Crippen molar-refractivity contribution in [3.63, 3.8) is 0 Å². The van der Waals surface area contributed by atoms with Crippen molar-refractivity contribution in [1.82, 2.24) is 0 Å². The lowest BCUT2D eigenvalue weighted by atomic mass is 10.1. The normalized spacial score (nSPS) is 12.6. The first-order chi connectivity index (χ1) is 8.24. The number of carbonyl (C=O) groups is 1. The average molecular weight is 261 g/mol. The topological polar surface area (TPSA) is 90.5 Å². The van der Waals surface area contributed by atoms with E-state index in [9.17, 15) is 23.1 Å². The smallest absolute Gasteiger partial charge is 0.479 e.